The van der Waals surface area contributed by atoms with Crippen molar-refractivity contribution >= 4 is 5.69 Å². The average Bonchev–Trinajstić information content (AvgIpc) is 2.37. The van der Waals surface area contributed by atoms with E-state index in [4.69, 9.17) is 5.26 Å². The molecule has 1 aliphatic heterocycles. The summed E-state index contributed by atoms with van der Waals surface area (Å²) in [5.41, 5.74) is 1.62. The van der Waals surface area contributed by atoms with E-state index in [-0.39, 0.29) is 11.5 Å². The van der Waals surface area contributed by atoms with Gasteiger partial charge in [0.25, 0.3) is 0 Å². The molecule has 1 atom stereocenters. The van der Waals surface area contributed by atoms with Crippen LogP contribution in [0.3, 0.4) is 0 Å². The molecule has 3 heteroatoms. The number of hydrogen-bond acceptors (Lipinski definition) is 3. The molecule has 1 heterocycles. The Kier molecular flexibility index (Phi) is 3.26. The number of hydrogen-bond donors (Lipinski definition) is 0. The summed E-state index contributed by atoms with van der Waals surface area (Å²) in [5, 5.41) is 18.2. The first-order chi connectivity index (χ1) is 8.58. The molecule has 1 aromatic carbocycles. The Morgan fingerprint density at radius 1 is 1.28 bits per heavy atom. The SMILES string of the molecule is CC1(C)CC(C#N)CCN1c1ccccc1C#N. The van der Waals surface area contributed by atoms with E-state index in [2.05, 4.69) is 30.9 Å². The lowest BCUT2D eigenvalue weighted by molar-refractivity contribution is 0.315. The lowest BCUT2D eigenvalue weighted by Crippen LogP contribution is -2.50. The van der Waals surface area contributed by atoms with Crippen molar-refractivity contribution in [3.63, 3.8) is 0 Å². The topological polar surface area (TPSA) is 50.8 Å². The molecule has 0 saturated carbocycles. The Hall–Kier alpha value is -2.00. The molecule has 3 nitrogen and oxygen atoms in total. The van der Waals surface area contributed by atoms with Crippen molar-refractivity contribution in [3.05, 3.63) is 29.8 Å². The summed E-state index contributed by atoms with van der Waals surface area (Å²) < 4.78 is 0. The molecular weight excluding hydrogens is 222 g/mol. The summed E-state index contributed by atoms with van der Waals surface area (Å²) in [7, 11) is 0. The first-order valence-corrected chi connectivity index (χ1v) is 6.25. The third kappa shape index (κ3) is 2.17. The molecule has 0 radical (unpaired) electrons. The maximum absolute atomic E-state index is 9.19. The zero-order valence-corrected chi connectivity index (χ0v) is 10.8. The largest absolute Gasteiger partial charge is 0.365 e. The molecule has 1 aromatic rings. The highest BCUT2D eigenvalue weighted by atomic mass is 15.2. The van der Waals surface area contributed by atoms with E-state index in [1.807, 2.05) is 24.3 Å². The van der Waals surface area contributed by atoms with Crippen LogP contribution in [0.25, 0.3) is 0 Å². The van der Waals surface area contributed by atoms with Crippen molar-refractivity contribution in [2.24, 2.45) is 5.92 Å². The molecule has 18 heavy (non-hydrogen) atoms. The Bertz CT molecular complexity index is 519. The van der Waals surface area contributed by atoms with Crippen molar-refractivity contribution in [1.82, 2.24) is 0 Å². The summed E-state index contributed by atoms with van der Waals surface area (Å²) in [4.78, 5) is 2.26. The van der Waals surface area contributed by atoms with Gasteiger partial charge in [-0.3, -0.25) is 0 Å². The Labute approximate surface area is 108 Å². The number of anilines is 1. The average molecular weight is 239 g/mol. The molecule has 1 saturated heterocycles. The normalized spacial score (nSPS) is 22.0. The summed E-state index contributed by atoms with van der Waals surface area (Å²) in [5.74, 6) is 0.130. The van der Waals surface area contributed by atoms with Crippen molar-refractivity contribution in [3.8, 4) is 12.1 Å². The predicted octanol–water partition coefficient (Wildman–Crippen LogP) is 3.08. The second-order valence-electron chi connectivity index (χ2n) is 5.41. The predicted molar refractivity (Wildman–Crippen MR) is 70.9 cm³/mol. The third-order valence-corrected chi connectivity index (χ3v) is 3.68. The van der Waals surface area contributed by atoms with Crippen LogP contribution < -0.4 is 4.90 Å². The highest BCUT2D eigenvalue weighted by Gasteiger charge is 2.35. The van der Waals surface area contributed by atoms with Crippen LogP contribution in [0.1, 0.15) is 32.3 Å². The minimum absolute atomic E-state index is 0.0778. The fourth-order valence-electron chi connectivity index (χ4n) is 2.76. The summed E-state index contributed by atoms with van der Waals surface area (Å²) >= 11 is 0. The van der Waals surface area contributed by atoms with Gasteiger partial charge in [0.2, 0.25) is 0 Å². The number of nitriles is 2. The molecule has 0 aromatic heterocycles. The fourth-order valence-corrected chi connectivity index (χ4v) is 2.76. The molecule has 1 unspecified atom stereocenters. The molecule has 0 spiro atoms. The molecule has 1 fully saturated rings. The Morgan fingerprint density at radius 3 is 2.61 bits per heavy atom. The molecule has 1 aliphatic rings. The molecule has 0 N–H and O–H groups in total. The van der Waals surface area contributed by atoms with Crippen LogP contribution in [0.5, 0.6) is 0 Å². The number of piperidine rings is 1. The zero-order chi connectivity index (χ0) is 13.2. The molecule has 0 bridgehead atoms. The second kappa shape index (κ2) is 4.70. The van der Waals surface area contributed by atoms with E-state index in [1.165, 1.54) is 0 Å². The monoisotopic (exact) mass is 239 g/mol. The lowest BCUT2D eigenvalue weighted by Gasteiger charge is -2.46. The zero-order valence-electron chi connectivity index (χ0n) is 10.8. The van der Waals surface area contributed by atoms with Gasteiger partial charge in [0.1, 0.15) is 6.07 Å². The van der Waals surface area contributed by atoms with E-state index < -0.39 is 0 Å². The number of para-hydroxylation sites is 1. The summed E-state index contributed by atoms with van der Waals surface area (Å²) in [6.07, 6.45) is 1.73. The van der Waals surface area contributed by atoms with Crippen LogP contribution >= 0.6 is 0 Å². The quantitative estimate of drug-likeness (QED) is 0.756. The van der Waals surface area contributed by atoms with Crippen LogP contribution in [0, 0.1) is 28.6 Å². The van der Waals surface area contributed by atoms with Crippen LogP contribution in [-0.2, 0) is 0 Å². The Balaban J connectivity index is 2.35. The van der Waals surface area contributed by atoms with Gasteiger partial charge in [-0.05, 0) is 38.8 Å². The highest BCUT2D eigenvalue weighted by Crippen LogP contribution is 2.36. The molecular formula is C15H17N3. The molecule has 2 rings (SSSR count). The van der Waals surface area contributed by atoms with Gasteiger partial charge in [0.05, 0.1) is 23.2 Å². The molecule has 92 valence electrons. The number of rotatable bonds is 1. The van der Waals surface area contributed by atoms with Gasteiger partial charge < -0.3 is 4.90 Å². The van der Waals surface area contributed by atoms with Crippen molar-refractivity contribution < 1.29 is 0 Å². The number of benzene rings is 1. The summed E-state index contributed by atoms with van der Waals surface area (Å²) in [6, 6.07) is 12.3. The van der Waals surface area contributed by atoms with E-state index in [0.29, 0.717) is 5.56 Å². The highest BCUT2D eigenvalue weighted by molar-refractivity contribution is 5.61. The summed E-state index contributed by atoms with van der Waals surface area (Å²) in [6.45, 7) is 5.12. The van der Waals surface area contributed by atoms with Gasteiger partial charge in [0, 0.05) is 12.1 Å². The van der Waals surface area contributed by atoms with Crippen molar-refractivity contribution in [2.75, 3.05) is 11.4 Å². The van der Waals surface area contributed by atoms with Gasteiger partial charge in [-0.15, -0.1) is 0 Å². The van der Waals surface area contributed by atoms with Crippen molar-refractivity contribution in [1.29, 1.82) is 10.5 Å². The van der Waals surface area contributed by atoms with Crippen LogP contribution in [0.4, 0.5) is 5.69 Å². The standard InChI is InChI=1S/C15H17N3/c1-15(2)9-12(10-16)7-8-18(15)14-6-4-3-5-13(14)11-17/h3-6,12H,7-9H2,1-2H3. The van der Waals surface area contributed by atoms with E-state index in [0.717, 1.165) is 25.1 Å². The lowest BCUT2D eigenvalue weighted by atomic mass is 9.82. The van der Waals surface area contributed by atoms with E-state index in [1.54, 1.807) is 0 Å². The minimum Gasteiger partial charge on any atom is -0.365 e. The maximum Gasteiger partial charge on any atom is 0.101 e. The molecule has 0 amide bonds. The van der Waals surface area contributed by atoms with Crippen LogP contribution in [-0.4, -0.2) is 12.1 Å². The second-order valence-corrected chi connectivity index (χ2v) is 5.41. The number of nitrogens with zero attached hydrogens (tertiary/aromatic N) is 3. The molecule has 0 aliphatic carbocycles. The van der Waals surface area contributed by atoms with Crippen LogP contribution in [0.2, 0.25) is 0 Å². The van der Waals surface area contributed by atoms with Crippen molar-refractivity contribution in [2.45, 2.75) is 32.2 Å². The first-order valence-electron chi connectivity index (χ1n) is 6.25. The van der Waals surface area contributed by atoms with Gasteiger partial charge in [-0.2, -0.15) is 10.5 Å². The first kappa shape index (κ1) is 12.5. The maximum atomic E-state index is 9.19. The van der Waals surface area contributed by atoms with E-state index >= 15 is 0 Å². The minimum atomic E-state index is -0.0778. The Morgan fingerprint density at radius 2 is 2.00 bits per heavy atom. The van der Waals surface area contributed by atoms with Gasteiger partial charge in [-0.25, -0.2) is 0 Å². The fraction of sp³-hybridized carbons (Fsp3) is 0.467. The van der Waals surface area contributed by atoms with Gasteiger partial charge in [-0.1, -0.05) is 12.1 Å². The van der Waals surface area contributed by atoms with Crippen LogP contribution in [0.15, 0.2) is 24.3 Å². The van der Waals surface area contributed by atoms with Gasteiger partial charge in [0.15, 0.2) is 0 Å². The smallest absolute Gasteiger partial charge is 0.101 e. The third-order valence-electron chi connectivity index (χ3n) is 3.68. The van der Waals surface area contributed by atoms with Gasteiger partial charge >= 0.3 is 0 Å². The van der Waals surface area contributed by atoms with E-state index in [9.17, 15) is 5.26 Å².